The zero-order chi connectivity index (χ0) is 14.7. The molecule has 1 aromatic carbocycles. The van der Waals surface area contributed by atoms with E-state index in [9.17, 15) is 0 Å². The molecule has 0 aliphatic carbocycles. The van der Waals surface area contributed by atoms with Crippen LogP contribution in [0.25, 0.3) is 22.3 Å². The molecule has 2 heterocycles. The number of aromatic nitrogens is 3. The highest BCUT2D eigenvalue weighted by Gasteiger charge is 2.12. The Morgan fingerprint density at radius 2 is 1.62 bits per heavy atom. The van der Waals surface area contributed by atoms with E-state index in [1.165, 1.54) is 0 Å². The van der Waals surface area contributed by atoms with Crippen LogP contribution in [0.1, 0.15) is 13.8 Å². The standard InChI is InChI=1S/C17H18N4/c1-3-21(4-2)17-14-7-5-6-8-15(14)19-16(20-17)13-9-11-18-12-10-13/h5-12H,3-4H2,1-2H3. The normalized spacial score (nSPS) is 10.8. The molecular weight excluding hydrogens is 260 g/mol. The van der Waals surface area contributed by atoms with Gasteiger partial charge in [-0.05, 0) is 38.1 Å². The van der Waals surface area contributed by atoms with Crippen molar-refractivity contribution in [3.05, 3.63) is 48.8 Å². The fourth-order valence-corrected chi connectivity index (χ4v) is 2.45. The Morgan fingerprint density at radius 1 is 0.905 bits per heavy atom. The molecule has 0 bridgehead atoms. The summed E-state index contributed by atoms with van der Waals surface area (Å²) < 4.78 is 0. The first-order valence-corrected chi connectivity index (χ1v) is 7.25. The average Bonchev–Trinajstić information content (AvgIpc) is 2.56. The van der Waals surface area contributed by atoms with Gasteiger partial charge in [-0.2, -0.15) is 0 Å². The predicted molar refractivity (Wildman–Crippen MR) is 86.3 cm³/mol. The van der Waals surface area contributed by atoms with E-state index < -0.39 is 0 Å². The van der Waals surface area contributed by atoms with Gasteiger partial charge in [0.15, 0.2) is 5.82 Å². The van der Waals surface area contributed by atoms with E-state index in [1.807, 2.05) is 30.3 Å². The first kappa shape index (κ1) is 13.5. The van der Waals surface area contributed by atoms with Gasteiger partial charge >= 0.3 is 0 Å². The lowest BCUT2D eigenvalue weighted by atomic mass is 10.2. The van der Waals surface area contributed by atoms with Crippen molar-refractivity contribution in [3.63, 3.8) is 0 Å². The Kier molecular flexibility index (Phi) is 3.77. The summed E-state index contributed by atoms with van der Waals surface area (Å²) in [6.07, 6.45) is 3.54. The van der Waals surface area contributed by atoms with Crippen LogP contribution in [-0.2, 0) is 0 Å². The number of fused-ring (bicyclic) bond motifs is 1. The second kappa shape index (κ2) is 5.87. The summed E-state index contributed by atoms with van der Waals surface area (Å²) in [4.78, 5) is 15.8. The monoisotopic (exact) mass is 278 g/mol. The molecule has 4 heteroatoms. The van der Waals surface area contributed by atoms with E-state index in [2.05, 4.69) is 29.8 Å². The van der Waals surface area contributed by atoms with Crippen LogP contribution in [0.3, 0.4) is 0 Å². The molecule has 0 amide bonds. The molecule has 3 rings (SSSR count). The summed E-state index contributed by atoms with van der Waals surface area (Å²) in [5.74, 6) is 1.75. The van der Waals surface area contributed by atoms with Gasteiger partial charge in [-0.25, -0.2) is 9.97 Å². The van der Waals surface area contributed by atoms with Gasteiger partial charge in [-0.3, -0.25) is 4.98 Å². The fourth-order valence-electron chi connectivity index (χ4n) is 2.45. The number of para-hydroxylation sites is 1. The second-order valence-corrected chi connectivity index (χ2v) is 4.80. The minimum atomic E-state index is 0.748. The van der Waals surface area contributed by atoms with Crippen molar-refractivity contribution < 1.29 is 0 Å². The van der Waals surface area contributed by atoms with Crippen LogP contribution in [0.5, 0.6) is 0 Å². The lowest BCUT2D eigenvalue weighted by Gasteiger charge is -2.22. The topological polar surface area (TPSA) is 41.9 Å². The minimum absolute atomic E-state index is 0.748. The van der Waals surface area contributed by atoms with Crippen molar-refractivity contribution in [1.82, 2.24) is 15.0 Å². The molecule has 0 radical (unpaired) electrons. The summed E-state index contributed by atoms with van der Waals surface area (Å²) in [5.41, 5.74) is 1.96. The second-order valence-electron chi connectivity index (χ2n) is 4.80. The Bertz CT molecular complexity index is 736. The third-order valence-electron chi connectivity index (χ3n) is 3.58. The van der Waals surface area contributed by atoms with E-state index >= 15 is 0 Å². The number of hydrogen-bond acceptors (Lipinski definition) is 4. The van der Waals surface area contributed by atoms with Gasteiger partial charge in [-0.15, -0.1) is 0 Å². The first-order valence-electron chi connectivity index (χ1n) is 7.25. The van der Waals surface area contributed by atoms with Crippen molar-refractivity contribution in [2.45, 2.75) is 13.8 Å². The Labute approximate surface area is 124 Å². The van der Waals surface area contributed by atoms with Crippen LogP contribution in [-0.4, -0.2) is 28.0 Å². The smallest absolute Gasteiger partial charge is 0.162 e. The van der Waals surface area contributed by atoms with Gasteiger partial charge < -0.3 is 4.90 Å². The summed E-state index contributed by atoms with van der Waals surface area (Å²) in [6.45, 7) is 6.14. The van der Waals surface area contributed by atoms with Gasteiger partial charge in [0.1, 0.15) is 5.82 Å². The minimum Gasteiger partial charge on any atom is -0.357 e. The molecule has 4 nitrogen and oxygen atoms in total. The van der Waals surface area contributed by atoms with Crippen LogP contribution in [0, 0.1) is 0 Å². The summed E-state index contributed by atoms with van der Waals surface area (Å²) in [6, 6.07) is 12.0. The average molecular weight is 278 g/mol. The SMILES string of the molecule is CCN(CC)c1nc(-c2ccncc2)nc2ccccc12. The molecule has 2 aromatic heterocycles. The Hall–Kier alpha value is -2.49. The largest absolute Gasteiger partial charge is 0.357 e. The van der Waals surface area contributed by atoms with Crippen LogP contribution in [0.4, 0.5) is 5.82 Å². The molecule has 0 N–H and O–H groups in total. The number of nitrogens with zero attached hydrogens (tertiary/aromatic N) is 4. The van der Waals surface area contributed by atoms with Crippen LogP contribution < -0.4 is 4.90 Å². The first-order chi connectivity index (χ1) is 10.3. The number of hydrogen-bond donors (Lipinski definition) is 0. The Morgan fingerprint density at radius 3 is 2.33 bits per heavy atom. The zero-order valence-electron chi connectivity index (χ0n) is 12.3. The van der Waals surface area contributed by atoms with E-state index in [-0.39, 0.29) is 0 Å². The number of pyridine rings is 1. The number of anilines is 1. The third kappa shape index (κ3) is 2.57. The molecule has 0 unspecified atom stereocenters. The molecule has 0 aliphatic rings. The summed E-state index contributed by atoms with van der Waals surface area (Å²) >= 11 is 0. The Balaban J connectivity index is 2.24. The van der Waals surface area contributed by atoms with Gasteiger partial charge in [0.25, 0.3) is 0 Å². The summed E-state index contributed by atoms with van der Waals surface area (Å²) in [5, 5.41) is 1.10. The van der Waals surface area contributed by atoms with Gasteiger partial charge in [0.05, 0.1) is 5.52 Å². The van der Waals surface area contributed by atoms with E-state index in [1.54, 1.807) is 12.4 Å². The van der Waals surface area contributed by atoms with Gasteiger partial charge in [0, 0.05) is 36.4 Å². The van der Waals surface area contributed by atoms with Crippen LogP contribution in [0.15, 0.2) is 48.8 Å². The van der Waals surface area contributed by atoms with Crippen LogP contribution in [0.2, 0.25) is 0 Å². The molecule has 106 valence electrons. The van der Waals surface area contributed by atoms with Gasteiger partial charge in [0.2, 0.25) is 0 Å². The van der Waals surface area contributed by atoms with Crippen molar-refractivity contribution in [2.75, 3.05) is 18.0 Å². The fraction of sp³-hybridized carbons (Fsp3) is 0.235. The molecule has 3 aromatic rings. The quantitative estimate of drug-likeness (QED) is 0.732. The number of benzene rings is 1. The van der Waals surface area contributed by atoms with Crippen molar-refractivity contribution in [2.24, 2.45) is 0 Å². The number of rotatable bonds is 4. The molecule has 21 heavy (non-hydrogen) atoms. The van der Waals surface area contributed by atoms with Crippen LogP contribution >= 0.6 is 0 Å². The highest BCUT2D eigenvalue weighted by atomic mass is 15.2. The van der Waals surface area contributed by atoms with E-state index in [0.717, 1.165) is 41.2 Å². The maximum atomic E-state index is 4.80. The molecule has 0 fully saturated rings. The highest BCUT2D eigenvalue weighted by molar-refractivity contribution is 5.91. The molecule has 0 atom stereocenters. The predicted octanol–water partition coefficient (Wildman–Crippen LogP) is 3.54. The molecule has 0 spiro atoms. The van der Waals surface area contributed by atoms with Crippen molar-refractivity contribution in [3.8, 4) is 11.4 Å². The zero-order valence-corrected chi connectivity index (χ0v) is 12.3. The lowest BCUT2D eigenvalue weighted by Crippen LogP contribution is -2.23. The van der Waals surface area contributed by atoms with Crippen molar-refractivity contribution >= 4 is 16.7 Å². The third-order valence-corrected chi connectivity index (χ3v) is 3.58. The maximum absolute atomic E-state index is 4.80. The molecule has 0 aliphatic heterocycles. The molecule has 0 saturated heterocycles. The lowest BCUT2D eigenvalue weighted by molar-refractivity contribution is 0.850. The maximum Gasteiger partial charge on any atom is 0.162 e. The van der Waals surface area contributed by atoms with E-state index in [4.69, 9.17) is 9.97 Å². The highest BCUT2D eigenvalue weighted by Crippen LogP contribution is 2.27. The van der Waals surface area contributed by atoms with Crippen molar-refractivity contribution in [1.29, 1.82) is 0 Å². The van der Waals surface area contributed by atoms with Gasteiger partial charge in [-0.1, -0.05) is 12.1 Å². The van der Waals surface area contributed by atoms with E-state index in [0.29, 0.717) is 0 Å². The molecule has 0 saturated carbocycles. The summed E-state index contributed by atoms with van der Waals surface area (Å²) in [7, 11) is 0. The molecular formula is C17H18N4.